The van der Waals surface area contributed by atoms with Crippen LogP contribution in [0.2, 0.25) is 0 Å². The Kier molecular flexibility index (Phi) is 5.96. The molecule has 3 heterocycles. The second kappa shape index (κ2) is 8.38. The number of nitrogens with one attached hydrogen (secondary N) is 1. The number of piperidine rings is 1. The second-order valence-electron chi connectivity index (χ2n) is 6.89. The van der Waals surface area contributed by atoms with Crippen LogP contribution in [0.4, 0.5) is 0 Å². The number of hydrogen-bond donors (Lipinski definition) is 1. The van der Waals surface area contributed by atoms with Crippen molar-refractivity contribution in [2.75, 3.05) is 26.2 Å². The molecule has 3 rings (SSSR count). The van der Waals surface area contributed by atoms with Crippen molar-refractivity contribution >= 4 is 11.6 Å². The van der Waals surface area contributed by atoms with E-state index in [0.717, 1.165) is 42.0 Å². The van der Waals surface area contributed by atoms with Gasteiger partial charge in [0.2, 0.25) is 5.91 Å². The third-order valence-electron chi connectivity index (χ3n) is 5.04. The molecule has 136 valence electrons. The SMILES string of the molecule is Cc1nn2cnnc2c(C)c1CCC(=O)NCCCN1CCCCC1. The topological polar surface area (TPSA) is 75.4 Å². The summed E-state index contributed by atoms with van der Waals surface area (Å²) in [6, 6.07) is 0. The molecule has 1 amide bonds. The molecule has 7 heteroatoms. The predicted molar refractivity (Wildman–Crippen MR) is 96.5 cm³/mol. The summed E-state index contributed by atoms with van der Waals surface area (Å²) in [6.45, 7) is 8.26. The van der Waals surface area contributed by atoms with E-state index in [1.165, 1.54) is 32.4 Å². The molecular formula is C18H28N6O. The van der Waals surface area contributed by atoms with Crippen LogP contribution >= 0.6 is 0 Å². The monoisotopic (exact) mass is 344 g/mol. The molecule has 25 heavy (non-hydrogen) atoms. The summed E-state index contributed by atoms with van der Waals surface area (Å²) in [5.74, 6) is 0.110. The summed E-state index contributed by atoms with van der Waals surface area (Å²) in [4.78, 5) is 14.6. The van der Waals surface area contributed by atoms with Crippen LogP contribution < -0.4 is 5.32 Å². The third-order valence-corrected chi connectivity index (χ3v) is 5.04. The Morgan fingerprint density at radius 2 is 2.04 bits per heavy atom. The van der Waals surface area contributed by atoms with E-state index < -0.39 is 0 Å². The molecule has 1 N–H and O–H groups in total. The molecule has 0 radical (unpaired) electrons. The van der Waals surface area contributed by atoms with Crippen LogP contribution in [-0.2, 0) is 11.2 Å². The molecule has 0 aromatic carbocycles. The highest BCUT2D eigenvalue weighted by Crippen LogP contribution is 2.17. The predicted octanol–water partition coefficient (Wildman–Crippen LogP) is 1.67. The molecule has 0 unspecified atom stereocenters. The van der Waals surface area contributed by atoms with Crippen LogP contribution in [0, 0.1) is 13.8 Å². The largest absolute Gasteiger partial charge is 0.356 e. The van der Waals surface area contributed by atoms with Crippen LogP contribution in [0.5, 0.6) is 0 Å². The number of nitrogens with zero attached hydrogens (tertiary/aromatic N) is 5. The minimum Gasteiger partial charge on any atom is -0.356 e. The zero-order valence-electron chi connectivity index (χ0n) is 15.3. The van der Waals surface area contributed by atoms with Crippen molar-refractivity contribution in [1.82, 2.24) is 30.0 Å². The molecule has 2 aromatic rings. The molecule has 0 atom stereocenters. The van der Waals surface area contributed by atoms with E-state index in [0.29, 0.717) is 12.8 Å². The van der Waals surface area contributed by atoms with E-state index in [-0.39, 0.29) is 5.91 Å². The van der Waals surface area contributed by atoms with Gasteiger partial charge in [0.05, 0.1) is 5.69 Å². The second-order valence-corrected chi connectivity index (χ2v) is 6.89. The smallest absolute Gasteiger partial charge is 0.220 e. The van der Waals surface area contributed by atoms with Gasteiger partial charge in [-0.2, -0.15) is 5.10 Å². The van der Waals surface area contributed by atoms with E-state index in [9.17, 15) is 4.79 Å². The van der Waals surface area contributed by atoms with E-state index in [2.05, 4.69) is 25.5 Å². The number of aryl methyl sites for hydroxylation is 2. The van der Waals surface area contributed by atoms with Gasteiger partial charge in [0, 0.05) is 18.5 Å². The van der Waals surface area contributed by atoms with Gasteiger partial charge in [-0.3, -0.25) is 4.79 Å². The van der Waals surface area contributed by atoms with Crippen LogP contribution in [0.1, 0.15) is 48.9 Å². The normalized spacial score (nSPS) is 15.6. The summed E-state index contributed by atoms with van der Waals surface area (Å²) in [5.41, 5.74) is 3.86. The van der Waals surface area contributed by atoms with E-state index >= 15 is 0 Å². The first-order valence-corrected chi connectivity index (χ1v) is 9.30. The van der Waals surface area contributed by atoms with Crippen molar-refractivity contribution in [3.8, 4) is 0 Å². The Balaban J connectivity index is 1.43. The molecule has 0 spiro atoms. The number of hydrogen-bond acceptors (Lipinski definition) is 5. The van der Waals surface area contributed by atoms with Crippen molar-refractivity contribution in [2.45, 2.75) is 52.4 Å². The van der Waals surface area contributed by atoms with Crippen molar-refractivity contribution in [3.63, 3.8) is 0 Å². The zero-order valence-corrected chi connectivity index (χ0v) is 15.3. The average Bonchev–Trinajstić information content (AvgIpc) is 3.08. The Morgan fingerprint density at radius 1 is 1.24 bits per heavy atom. The van der Waals surface area contributed by atoms with Gasteiger partial charge >= 0.3 is 0 Å². The lowest BCUT2D eigenvalue weighted by molar-refractivity contribution is -0.121. The molecular weight excluding hydrogens is 316 g/mol. The van der Waals surface area contributed by atoms with Gasteiger partial charge in [-0.1, -0.05) is 6.42 Å². The Morgan fingerprint density at radius 3 is 2.84 bits per heavy atom. The Labute approximate surface area is 148 Å². The first-order chi connectivity index (χ1) is 12.1. The van der Waals surface area contributed by atoms with Gasteiger partial charge in [-0.15, -0.1) is 10.2 Å². The van der Waals surface area contributed by atoms with E-state index in [4.69, 9.17) is 0 Å². The molecule has 1 aliphatic rings. The average molecular weight is 344 g/mol. The third kappa shape index (κ3) is 4.54. The summed E-state index contributed by atoms with van der Waals surface area (Å²) in [7, 11) is 0. The fourth-order valence-electron chi connectivity index (χ4n) is 3.59. The summed E-state index contributed by atoms with van der Waals surface area (Å²) in [5, 5.41) is 15.5. The van der Waals surface area contributed by atoms with Crippen molar-refractivity contribution in [2.24, 2.45) is 0 Å². The minimum absolute atomic E-state index is 0.110. The maximum Gasteiger partial charge on any atom is 0.220 e. The van der Waals surface area contributed by atoms with Crippen LogP contribution in [0.3, 0.4) is 0 Å². The molecule has 2 aromatic heterocycles. The van der Waals surface area contributed by atoms with Crippen LogP contribution in [-0.4, -0.2) is 56.8 Å². The van der Waals surface area contributed by atoms with Crippen LogP contribution in [0.25, 0.3) is 5.65 Å². The summed E-state index contributed by atoms with van der Waals surface area (Å²) >= 11 is 0. The molecule has 0 saturated carbocycles. The number of carbonyl (C=O) groups is 1. The molecule has 0 bridgehead atoms. The molecule has 7 nitrogen and oxygen atoms in total. The Bertz CT molecular complexity index is 720. The lowest BCUT2D eigenvalue weighted by atomic mass is 10.0. The van der Waals surface area contributed by atoms with Gasteiger partial charge in [-0.05, 0) is 64.7 Å². The maximum atomic E-state index is 12.1. The maximum absolute atomic E-state index is 12.1. The van der Waals surface area contributed by atoms with Gasteiger partial charge in [0.1, 0.15) is 6.33 Å². The zero-order chi connectivity index (χ0) is 17.6. The highest BCUT2D eigenvalue weighted by atomic mass is 16.1. The lowest BCUT2D eigenvalue weighted by Crippen LogP contribution is -2.33. The summed E-state index contributed by atoms with van der Waals surface area (Å²) in [6.07, 6.45) is 7.79. The highest BCUT2D eigenvalue weighted by Gasteiger charge is 2.13. The molecule has 0 aliphatic carbocycles. The van der Waals surface area contributed by atoms with Gasteiger partial charge in [0.15, 0.2) is 5.65 Å². The first kappa shape index (κ1) is 17.8. The lowest BCUT2D eigenvalue weighted by Gasteiger charge is -2.26. The summed E-state index contributed by atoms with van der Waals surface area (Å²) < 4.78 is 1.69. The number of rotatable bonds is 7. The van der Waals surface area contributed by atoms with Gasteiger partial charge in [-0.25, -0.2) is 4.52 Å². The molecule has 1 aliphatic heterocycles. The Hall–Kier alpha value is -2.02. The number of carbonyl (C=O) groups excluding carboxylic acids is 1. The molecule has 1 fully saturated rings. The van der Waals surface area contributed by atoms with Gasteiger partial charge in [0.25, 0.3) is 0 Å². The van der Waals surface area contributed by atoms with Crippen molar-refractivity contribution in [1.29, 1.82) is 0 Å². The van der Waals surface area contributed by atoms with Crippen molar-refractivity contribution < 1.29 is 4.79 Å². The fourth-order valence-corrected chi connectivity index (χ4v) is 3.59. The van der Waals surface area contributed by atoms with Gasteiger partial charge < -0.3 is 10.2 Å². The van der Waals surface area contributed by atoms with E-state index in [1.54, 1.807) is 10.8 Å². The van der Waals surface area contributed by atoms with E-state index in [1.807, 2.05) is 13.8 Å². The van der Waals surface area contributed by atoms with Crippen LogP contribution in [0.15, 0.2) is 6.33 Å². The quantitative estimate of drug-likeness (QED) is 0.773. The van der Waals surface area contributed by atoms with Crippen molar-refractivity contribution in [3.05, 3.63) is 23.1 Å². The number of aromatic nitrogens is 4. The fraction of sp³-hybridized carbons (Fsp3) is 0.667. The highest BCUT2D eigenvalue weighted by molar-refractivity contribution is 5.76. The first-order valence-electron chi connectivity index (χ1n) is 9.30. The number of amides is 1. The number of likely N-dealkylation sites (tertiary alicyclic amines) is 1. The molecule has 1 saturated heterocycles. The standard InChI is InChI=1S/C18H28N6O/c1-14-16(15(2)22-24-13-20-21-18(14)24)7-8-17(25)19-9-6-12-23-10-4-3-5-11-23/h13H,3-12H2,1-2H3,(H,19,25). The number of fused-ring (bicyclic) bond motifs is 1. The minimum atomic E-state index is 0.110.